The van der Waals surface area contributed by atoms with Crippen LogP contribution in [0.25, 0.3) is 0 Å². The van der Waals surface area contributed by atoms with Gasteiger partial charge in [0.25, 0.3) is 0 Å². The van der Waals surface area contributed by atoms with E-state index in [1.165, 1.54) is 48.6 Å². The third kappa shape index (κ3) is 21.5. The highest BCUT2D eigenvalue weighted by atomic mass is 33.1. The van der Waals surface area contributed by atoms with Crippen LogP contribution in [0.1, 0.15) is 76.5 Å². The molecule has 1 aromatic carbocycles. The highest BCUT2D eigenvalue weighted by Crippen LogP contribution is 2.27. The van der Waals surface area contributed by atoms with E-state index in [1.54, 1.807) is 0 Å². The monoisotopic (exact) mass is 1340 g/mol. The first kappa shape index (κ1) is 73.7. The molecule has 1 aromatic heterocycles. The summed E-state index contributed by atoms with van der Waals surface area (Å²) in [6.07, 6.45) is -2.49. The first-order valence-electron chi connectivity index (χ1n) is 28.8. The van der Waals surface area contributed by atoms with E-state index in [0.29, 0.717) is 12.0 Å². The number of Topliss-reactive ketones (excluding diaryl/α,β-unsaturated/α-hetero) is 2. The summed E-state index contributed by atoms with van der Waals surface area (Å²) in [7, 11) is 2.29. The van der Waals surface area contributed by atoms with Gasteiger partial charge in [0, 0.05) is 62.2 Å². The van der Waals surface area contributed by atoms with Crippen LogP contribution in [0.2, 0.25) is 0 Å². The van der Waals surface area contributed by atoms with Crippen molar-refractivity contribution in [3.63, 3.8) is 0 Å². The number of aromatic hydroxyl groups is 1. The lowest BCUT2D eigenvalue weighted by molar-refractivity contribution is -0.150. The van der Waals surface area contributed by atoms with Gasteiger partial charge in [0.15, 0.2) is 0 Å². The number of phenolic OH excluding ortho intramolecular Hbond substituents is 1. The van der Waals surface area contributed by atoms with E-state index >= 15 is 0 Å². The van der Waals surface area contributed by atoms with Crippen molar-refractivity contribution in [3.8, 4) is 5.75 Å². The second-order valence-corrected chi connectivity index (χ2v) is 24.8. The van der Waals surface area contributed by atoms with Gasteiger partial charge in [-0.2, -0.15) is 25.3 Å². The summed E-state index contributed by atoms with van der Waals surface area (Å²) in [5.41, 5.74) is 11.5. The number of aromatic amines is 1. The molecule has 3 aliphatic rings. The van der Waals surface area contributed by atoms with Crippen LogP contribution in [0.4, 0.5) is 0 Å². The van der Waals surface area contributed by atoms with Crippen molar-refractivity contribution in [1.29, 1.82) is 0 Å². The summed E-state index contributed by atoms with van der Waals surface area (Å²) in [5, 5.41) is 65.4. The Morgan fingerprint density at radius 2 is 1.04 bits per heavy atom. The molecule has 90 heavy (non-hydrogen) atoms. The molecular weight excluding hydrogens is 1260 g/mol. The Morgan fingerprint density at radius 1 is 0.589 bits per heavy atom. The van der Waals surface area contributed by atoms with Gasteiger partial charge >= 0.3 is 0 Å². The number of nitrogens with one attached hydrogen (secondary N) is 10. The standard InChI is InChI=1S/C54H79N15O17S4/c1-26(71)42-45(77)44(76)36(21-87)59-24-89-90-25-60-37(22-88)51(83)62-31(11-13-40(55)74)46(78)61-32(12-14-41(56)75)47(79)64-34(18-29-19-57-23-58-29)49(81)63-33(17-28-7-9-30(73)10-8-28)48(80)65-35(20-70)50(82)67-43(27(2)72)54(86)69-16-4-6-39(69)53(85)68-15-3-5-38(68)52(84)66-42/h7-10,19,23,26-27,31-39,42-43,59-60,70-73,87-88H,3-6,11-18,20-22,24-25H2,1-2H3,(H2,55,74)(H2,56,75)(H,57,58)(H,61,78)(H,62,83)(H,63,81)(H,64,79)(H,65,80)(H,66,84)(H,67,82)/t26-,27-,31+,32?,33?,34+,35+,36+,37?,38+,39+,42+,43+/m1/s1. The fourth-order valence-corrected chi connectivity index (χ4v) is 12.2. The predicted octanol–water partition coefficient (Wildman–Crippen LogP) is -6.21. The molecule has 3 aliphatic heterocycles. The van der Waals surface area contributed by atoms with Crippen LogP contribution in [0.3, 0.4) is 0 Å². The van der Waals surface area contributed by atoms with E-state index in [0.717, 1.165) is 33.4 Å². The summed E-state index contributed by atoms with van der Waals surface area (Å²) in [4.78, 5) is 189. The smallest absolute Gasteiger partial charge is 0.248 e. The largest absolute Gasteiger partial charge is 0.508 e. The Balaban J connectivity index is 1.51. The molecule has 11 amide bonds. The maximum absolute atomic E-state index is 14.6. The Kier molecular flexibility index (Phi) is 29.6. The number of ketones is 2. The number of phenols is 1. The van der Waals surface area contributed by atoms with Crippen molar-refractivity contribution in [2.24, 2.45) is 11.5 Å². The number of nitrogens with two attached hydrogens (primary N) is 2. The highest BCUT2D eigenvalue weighted by Gasteiger charge is 2.46. The minimum absolute atomic E-state index is 0.0141. The van der Waals surface area contributed by atoms with Crippen LogP contribution in [0.15, 0.2) is 36.8 Å². The number of fused-ring (bicyclic) bond motifs is 2. The van der Waals surface area contributed by atoms with Gasteiger partial charge in [0.2, 0.25) is 76.5 Å². The minimum atomic E-state index is -1.90. The fraction of sp³-hybridized carbons (Fsp3) is 0.593. The zero-order valence-corrected chi connectivity index (χ0v) is 52.7. The molecule has 3 fully saturated rings. The van der Waals surface area contributed by atoms with E-state index in [4.69, 9.17) is 11.5 Å². The quantitative estimate of drug-likeness (QED) is 0.0448. The summed E-state index contributed by atoms with van der Waals surface area (Å²) in [5.74, 6) is -13.3. The van der Waals surface area contributed by atoms with Crippen molar-refractivity contribution < 1.29 is 82.8 Å². The third-order valence-corrected chi connectivity index (χ3v) is 17.6. The van der Waals surface area contributed by atoms with Crippen molar-refractivity contribution >= 4 is 123 Å². The predicted molar refractivity (Wildman–Crippen MR) is 331 cm³/mol. The normalized spacial score (nSPS) is 27.5. The number of imidazole rings is 1. The van der Waals surface area contributed by atoms with Crippen LogP contribution in [-0.2, 0) is 75.2 Å². The molecule has 3 saturated heterocycles. The summed E-state index contributed by atoms with van der Waals surface area (Å²) in [6.45, 7) is 1.20. The van der Waals surface area contributed by atoms with Crippen LogP contribution < -0.4 is 59.3 Å². The van der Waals surface area contributed by atoms with Crippen molar-refractivity contribution in [1.82, 2.24) is 67.6 Å². The summed E-state index contributed by atoms with van der Waals surface area (Å²) >= 11 is 8.52. The zero-order valence-electron chi connectivity index (χ0n) is 49.3. The maximum atomic E-state index is 14.6. The molecule has 4 heterocycles. The Labute approximate surface area is 536 Å². The molecule has 0 saturated carbocycles. The zero-order chi connectivity index (χ0) is 66.4. The molecule has 2 aromatic rings. The Morgan fingerprint density at radius 3 is 1.54 bits per heavy atom. The number of primary amides is 2. The molecule has 0 spiro atoms. The molecular formula is C54H79N15O17S4. The second-order valence-electron chi connectivity index (χ2n) is 21.6. The molecule has 32 nitrogen and oxygen atoms in total. The average molecular weight is 1340 g/mol. The molecule has 496 valence electrons. The molecule has 5 rings (SSSR count). The number of nitrogens with zero attached hydrogens (tertiary/aromatic N) is 3. The first-order valence-corrected chi connectivity index (χ1v) is 32.6. The van der Waals surface area contributed by atoms with Gasteiger partial charge in [0.05, 0.1) is 49.0 Å². The van der Waals surface area contributed by atoms with Gasteiger partial charge in [-0.05, 0) is 70.1 Å². The summed E-state index contributed by atoms with van der Waals surface area (Å²) < 4.78 is 0. The van der Waals surface area contributed by atoms with Gasteiger partial charge in [0.1, 0.15) is 60.1 Å². The van der Waals surface area contributed by atoms with E-state index in [1.807, 2.05) is 0 Å². The number of thiol groups is 2. The first-order chi connectivity index (χ1) is 42.8. The summed E-state index contributed by atoms with van der Waals surface area (Å²) in [6, 6.07) is -11.4. The van der Waals surface area contributed by atoms with Crippen molar-refractivity contribution in [2.75, 3.05) is 43.0 Å². The lowest BCUT2D eigenvalue weighted by atomic mass is 9.99. The molecule has 13 atom stereocenters. The fourth-order valence-electron chi connectivity index (χ4n) is 9.98. The molecule has 18 N–H and O–H groups in total. The molecule has 0 bridgehead atoms. The molecule has 0 aliphatic carbocycles. The van der Waals surface area contributed by atoms with Crippen molar-refractivity contribution in [2.45, 2.75) is 157 Å². The second kappa shape index (κ2) is 36.1. The number of benzene rings is 1. The van der Waals surface area contributed by atoms with Gasteiger partial charge in [-0.1, -0.05) is 33.7 Å². The van der Waals surface area contributed by atoms with E-state index in [-0.39, 0.29) is 79.9 Å². The molecule has 0 radical (unpaired) electrons. The van der Waals surface area contributed by atoms with E-state index < -0.39 is 188 Å². The number of aromatic nitrogens is 2. The number of aliphatic hydroxyl groups excluding tert-OH is 3. The lowest BCUT2D eigenvalue weighted by Gasteiger charge is -2.34. The lowest BCUT2D eigenvalue weighted by Crippen LogP contribution is -2.62. The topological polar surface area (TPSA) is 498 Å². The Hall–Kier alpha value is -7.06. The average Bonchev–Trinajstić information content (AvgIpc) is 1.93. The molecule has 36 heteroatoms. The number of carbonyl (C=O) groups is 13. The van der Waals surface area contributed by atoms with Crippen LogP contribution in [0, 0.1) is 0 Å². The molecule has 3 unspecified atom stereocenters. The van der Waals surface area contributed by atoms with Gasteiger partial charge in [-0.15, -0.1) is 0 Å². The van der Waals surface area contributed by atoms with Gasteiger partial charge < -0.3 is 83.9 Å². The minimum Gasteiger partial charge on any atom is -0.508 e. The van der Waals surface area contributed by atoms with Crippen LogP contribution >= 0.6 is 46.8 Å². The van der Waals surface area contributed by atoms with Gasteiger partial charge in [-0.3, -0.25) is 73.0 Å². The SMILES string of the molecule is C[C@@H](O)[C@@H]1NC(=O)[C@@H]2CCCN2C(=O)[C@@H]2CCCN2C(=O)[C@H]([C@@H](C)O)NC(=O)[C@H](CO)NC(=O)C(Cc2ccc(O)cc2)NC(=O)[C@H](Cc2cnc[nH]2)NC(=O)C(CCC(N)=O)NC(=O)[C@H](CCC(N)=O)NC(=O)C(CS)NCSSCN[C@@H](CS)C(=O)C1=O. The number of hydrogen-bond donors (Lipinski definition) is 18. The number of carbonyl (C=O) groups excluding carboxylic acids is 13. The number of H-pyrrole nitrogens is 1. The number of hydrogen-bond acceptors (Lipinski definition) is 24. The highest BCUT2D eigenvalue weighted by molar-refractivity contribution is 8.76. The number of amides is 11. The van der Waals surface area contributed by atoms with Crippen molar-refractivity contribution in [3.05, 3.63) is 48.0 Å². The van der Waals surface area contributed by atoms with Gasteiger partial charge in [-0.25, -0.2) is 4.98 Å². The number of rotatable bonds is 15. The van der Waals surface area contributed by atoms with Crippen LogP contribution in [-0.4, -0.2) is 238 Å². The van der Waals surface area contributed by atoms with Crippen LogP contribution in [0.5, 0.6) is 5.75 Å². The maximum Gasteiger partial charge on any atom is 0.248 e. The Bertz CT molecular complexity index is 2880. The third-order valence-electron chi connectivity index (χ3n) is 14.9. The van der Waals surface area contributed by atoms with E-state index in [9.17, 15) is 82.8 Å². The number of aliphatic hydroxyl groups is 3. The van der Waals surface area contributed by atoms with E-state index in [2.05, 4.69) is 83.1 Å².